The molecule has 5 nitrogen and oxygen atoms in total. The first-order valence-electron chi connectivity index (χ1n) is 9.07. The highest BCUT2D eigenvalue weighted by Crippen LogP contribution is 2.31. The molecular formula is C20H19F3N4O. The highest BCUT2D eigenvalue weighted by Gasteiger charge is 2.38. The van der Waals surface area contributed by atoms with E-state index in [4.69, 9.17) is 0 Å². The quantitative estimate of drug-likeness (QED) is 0.731. The minimum Gasteiger partial charge on any atom is -0.335 e. The Bertz CT molecular complexity index is 984. The van der Waals surface area contributed by atoms with E-state index in [1.807, 2.05) is 30.3 Å². The molecule has 0 spiro atoms. The Balaban J connectivity index is 1.69. The molecule has 1 fully saturated rings. The maximum Gasteiger partial charge on any atom is 0.450 e. The van der Waals surface area contributed by atoms with Gasteiger partial charge in [0.05, 0.1) is 5.52 Å². The number of imidazole rings is 1. The summed E-state index contributed by atoms with van der Waals surface area (Å²) in [5, 5.41) is 3.40. The van der Waals surface area contributed by atoms with E-state index in [0.29, 0.717) is 19.5 Å². The molecule has 8 heteroatoms. The molecule has 1 unspecified atom stereocenters. The fourth-order valence-corrected chi connectivity index (χ4v) is 3.56. The van der Waals surface area contributed by atoms with Gasteiger partial charge in [-0.1, -0.05) is 36.4 Å². The normalized spacial score (nSPS) is 18.2. The van der Waals surface area contributed by atoms with Gasteiger partial charge in [0.1, 0.15) is 0 Å². The molecule has 28 heavy (non-hydrogen) atoms. The van der Waals surface area contributed by atoms with Crippen LogP contribution in [0.25, 0.3) is 5.52 Å². The molecule has 1 aliphatic heterocycles. The van der Waals surface area contributed by atoms with Crippen molar-refractivity contribution in [2.24, 2.45) is 0 Å². The lowest BCUT2D eigenvalue weighted by Gasteiger charge is -2.24. The second kappa shape index (κ2) is 7.27. The number of aromatic nitrogens is 2. The lowest BCUT2D eigenvalue weighted by atomic mass is 10.1. The molecule has 0 bridgehead atoms. The number of nitrogens with one attached hydrogen (secondary N) is 1. The average molecular weight is 388 g/mol. The van der Waals surface area contributed by atoms with E-state index < -0.39 is 17.9 Å². The van der Waals surface area contributed by atoms with E-state index in [0.717, 1.165) is 16.5 Å². The maximum atomic E-state index is 13.4. The predicted octanol–water partition coefficient (Wildman–Crippen LogP) is 3.53. The highest BCUT2D eigenvalue weighted by molar-refractivity contribution is 5.99. The topological polar surface area (TPSA) is 49.6 Å². The molecule has 0 radical (unpaired) electrons. The van der Waals surface area contributed by atoms with Crippen molar-refractivity contribution in [3.05, 3.63) is 71.8 Å². The smallest absolute Gasteiger partial charge is 0.335 e. The standard InChI is InChI=1S/C20H19F3N4O/c21-20(22,23)19-25-17(16-9-4-5-12-27(16)19)18(28)26-11-6-10-24-15(13-26)14-7-2-1-3-8-14/h1-5,7-9,12,15,24H,6,10-11,13H2. The molecule has 3 heterocycles. The second-order valence-corrected chi connectivity index (χ2v) is 6.76. The summed E-state index contributed by atoms with van der Waals surface area (Å²) in [6.45, 7) is 1.56. The van der Waals surface area contributed by atoms with Crippen LogP contribution < -0.4 is 5.32 Å². The van der Waals surface area contributed by atoms with Gasteiger partial charge in [-0.15, -0.1) is 0 Å². The van der Waals surface area contributed by atoms with Crippen LogP contribution in [-0.2, 0) is 6.18 Å². The van der Waals surface area contributed by atoms with Gasteiger partial charge in [-0.25, -0.2) is 4.98 Å². The van der Waals surface area contributed by atoms with Gasteiger partial charge in [-0.05, 0) is 30.7 Å². The second-order valence-electron chi connectivity index (χ2n) is 6.76. The van der Waals surface area contributed by atoms with Crippen molar-refractivity contribution < 1.29 is 18.0 Å². The van der Waals surface area contributed by atoms with Crippen LogP contribution in [0, 0.1) is 0 Å². The molecule has 1 aliphatic rings. The number of benzene rings is 1. The zero-order chi connectivity index (χ0) is 19.7. The van der Waals surface area contributed by atoms with Gasteiger partial charge in [0, 0.05) is 25.3 Å². The van der Waals surface area contributed by atoms with Gasteiger partial charge in [-0.2, -0.15) is 13.2 Å². The molecule has 146 valence electrons. The van der Waals surface area contributed by atoms with Crippen LogP contribution in [0.15, 0.2) is 54.7 Å². The molecule has 0 saturated carbocycles. The number of carbonyl (C=O) groups excluding carboxylic acids is 1. The summed E-state index contributed by atoms with van der Waals surface area (Å²) in [4.78, 5) is 18.4. The van der Waals surface area contributed by atoms with Crippen molar-refractivity contribution in [2.45, 2.75) is 18.6 Å². The number of alkyl halides is 3. The summed E-state index contributed by atoms with van der Waals surface area (Å²) in [6, 6.07) is 14.2. The summed E-state index contributed by atoms with van der Waals surface area (Å²) in [5.41, 5.74) is 1.03. The SMILES string of the molecule is O=C(c1nc(C(F)(F)F)n2ccccc12)N1CCCNC(c2ccccc2)C1. The Morgan fingerprint density at radius 3 is 2.61 bits per heavy atom. The largest absolute Gasteiger partial charge is 0.450 e. The van der Waals surface area contributed by atoms with Crippen LogP contribution in [0.4, 0.5) is 13.2 Å². The summed E-state index contributed by atoms with van der Waals surface area (Å²) in [7, 11) is 0. The molecule has 1 amide bonds. The number of nitrogens with zero attached hydrogens (tertiary/aromatic N) is 3. The third-order valence-corrected chi connectivity index (χ3v) is 4.89. The van der Waals surface area contributed by atoms with Crippen LogP contribution in [0.3, 0.4) is 0 Å². The average Bonchev–Trinajstić information content (AvgIpc) is 2.92. The number of halogens is 3. The van der Waals surface area contributed by atoms with Crippen LogP contribution in [0.1, 0.15) is 34.3 Å². The molecular weight excluding hydrogens is 369 g/mol. The van der Waals surface area contributed by atoms with E-state index in [2.05, 4.69) is 10.3 Å². The number of rotatable bonds is 2. The number of pyridine rings is 1. The maximum absolute atomic E-state index is 13.4. The number of fused-ring (bicyclic) bond motifs is 1. The molecule has 0 aliphatic carbocycles. The van der Waals surface area contributed by atoms with Gasteiger partial charge in [-0.3, -0.25) is 9.20 Å². The van der Waals surface area contributed by atoms with E-state index in [-0.39, 0.29) is 17.3 Å². The molecule has 1 saturated heterocycles. The number of hydrogen-bond acceptors (Lipinski definition) is 3. The molecule has 1 atom stereocenters. The number of carbonyl (C=O) groups is 1. The number of hydrogen-bond donors (Lipinski definition) is 1. The summed E-state index contributed by atoms with van der Waals surface area (Å²) < 4.78 is 41.0. The Morgan fingerprint density at radius 2 is 1.86 bits per heavy atom. The third-order valence-electron chi connectivity index (χ3n) is 4.89. The van der Waals surface area contributed by atoms with E-state index in [1.54, 1.807) is 11.0 Å². The number of amides is 1. The summed E-state index contributed by atoms with van der Waals surface area (Å²) in [6.07, 6.45) is -2.65. The van der Waals surface area contributed by atoms with Gasteiger partial charge in [0.15, 0.2) is 5.69 Å². The van der Waals surface area contributed by atoms with E-state index in [9.17, 15) is 18.0 Å². The first kappa shape index (κ1) is 18.5. The molecule has 4 rings (SSSR count). The minimum atomic E-state index is -4.64. The van der Waals surface area contributed by atoms with Crippen molar-refractivity contribution in [3.8, 4) is 0 Å². The zero-order valence-corrected chi connectivity index (χ0v) is 15.0. The van der Waals surface area contributed by atoms with Crippen molar-refractivity contribution in [2.75, 3.05) is 19.6 Å². The Labute approximate surface area is 159 Å². The predicted molar refractivity (Wildman–Crippen MR) is 97.9 cm³/mol. The first-order chi connectivity index (χ1) is 13.4. The fraction of sp³-hybridized carbons (Fsp3) is 0.300. The van der Waals surface area contributed by atoms with Crippen LogP contribution >= 0.6 is 0 Å². The lowest BCUT2D eigenvalue weighted by molar-refractivity contribution is -0.145. The van der Waals surface area contributed by atoms with Crippen LogP contribution in [0.2, 0.25) is 0 Å². The van der Waals surface area contributed by atoms with Gasteiger partial charge >= 0.3 is 6.18 Å². The fourth-order valence-electron chi connectivity index (χ4n) is 3.56. The van der Waals surface area contributed by atoms with Gasteiger partial charge in [0.2, 0.25) is 5.82 Å². The Hall–Kier alpha value is -2.87. The van der Waals surface area contributed by atoms with Crippen molar-refractivity contribution in [1.82, 2.24) is 19.6 Å². The van der Waals surface area contributed by atoms with Gasteiger partial charge in [0.25, 0.3) is 5.91 Å². The van der Waals surface area contributed by atoms with Crippen molar-refractivity contribution >= 4 is 11.4 Å². The van der Waals surface area contributed by atoms with E-state index >= 15 is 0 Å². The van der Waals surface area contributed by atoms with Crippen molar-refractivity contribution in [1.29, 1.82) is 0 Å². The molecule has 1 N–H and O–H groups in total. The van der Waals surface area contributed by atoms with Crippen LogP contribution in [-0.4, -0.2) is 39.8 Å². The molecule has 3 aromatic rings. The van der Waals surface area contributed by atoms with Gasteiger partial charge < -0.3 is 10.2 Å². The minimum absolute atomic E-state index is 0.0800. The van der Waals surface area contributed by atoms with E-state index in [1.165, 1.54) is 18.3 Å². The third kappa shape index (κ3) is 3.47. The Morgan fingerprint density at radius 1 is 1.11 bits per heavy atom. The highest BCUT2D eigenvalue weighted by atomic mass is 19.4. The summed E-state index contributed by atoms with van der Waals surface area (Å²) in [5.74, 6) is -1.57. The lowest BCUT2D eigenvalue weighted by Crippen LogP contribution is -2.36. The summed E-state index contributed by atoms with van der Waals surface area (Å²) >= 11 is 0. The first-order valence-corrected chi connectivity index (χ1v) is 9.07. The Kier molecular flexibility index (Phi) is 4.80. The molecule has 1 aromatic carbocycles. The van der Waals surface area contributed by atoms with Crippen molar-refractivity contribution in [3.63, 3.8) is 0 Å². The zero-order valence-electron chi connectivity index (χ0n) is 15.0. The van der Waals surface area contributed by atoms with Crippen LogP contribution in [0.5, 0.6) is 0 Å². The monoisotopic (exact) mass is 388 g/mol. The molecule has 2 aromatic heterocycles.